The Morgan fingerprint density at radius 3 is 2.06 bits per heavy atom. The Morgan fingerprint density at radius 2 is 1.71 bits per heavy atom. The van der Waals surface area contributed by atoms with Gasteiger partial charge in [0.1, 0.15) is 6.17 Å². The summed E-state index contributed by atoms with van der Waals surface area (Å²) in [6.45, 7) is 14.7. The van der Waals surface area contributed by atoms with E-state index in [9.17, 15) is 4.39 Å². The van der Waals surface area contributed by atoms with Crippen LogP contribution in [-0.4, -0.2) is 16.0 Å². The van der Waals surface area contributed by atoms with E-state index in [0.717, 1.165) is 11.4 Å². The highest BCUT2D eigenvalue weighted by Gasteiger charge is 2.26. The largest absolute Gasteiger partial charge is 0.266 e. The van der Waals surface area contributed by atoms with Crippen molar-refractivity contribution < 1.29 is 4.39 Å². The predicted octanol–water partition coefficient (Wildman–Crippen LogP) is 3.84. The molecule has 0 spiro atoms. The van der Waals surface area contributed by atoms with Crippen LogP contribution in [0.2, 0.25) is 0 Å². The lowest BCUT2D eigenvalue weighted by molar-refractivity contribution is 0.297. The average molecular weight is 240 g/mol. The number of aromatic nitrogens is 2. The van der Waals surface area contributed by atoms with Gasteiger partial charge in [-0.3, -0.25) is 4.68 Å². The van der Waals surface area contributed by atoms with Gasteiger partial charge in [-0.2, -0.15) is 5.10 Å². The van der Waals surface area contributed by atoms with Gasteiger partial charge in [0.15, 0.2) is 0 Å². The SMILES string of the molecule is CC(F)Cn1nc(C(C)(C)C)cc1C(C)(C)C. The lowest BCUT2D eigenvalue weighted by Crippen LogP contribution is -2.21. The molecule has 0 saturated carbocycles. The first-order chi connectivity index (χ1) is 7.51. The van der Waals surface area contributed by atoms with E-state index in [2.05, 4.69) is 52.7 Å². The summed E-state index contributed by atoms with van der Waals surface area (Å²) in [5.41, 5.74) is 2.13. The highest BCUT2D eigenvalue weighted by molar-refractivity contribution is 5.22. The zero-order chi connectivity index (χ0) is 13.4. The number of halogens is 1. The summed E-state index contributed by atoms with van der Waals surface area (Å²) in [7, 11) is 0. The molecule has 0 radical (unpaired) electrons. The van der Waals surface area contributed by atoms with E-state index in [0.29, 0.717) is 6.54 Å². The molecule has 0 bridgehead atoms. The van der Waals surface area contributed by atoms with Gasteiger partial charge in [-0.05, 0) is 13.0 Å². The second-order valence-corrected chi connectivity index (χ2v) is 6.88. The van der Waals surface area contributed by atoms with Crippen LogP contribution >= 0.6 is 0 Å². The molecule has 1 rings (SSSR count). The van der Waals surface area contributed by atoms with Gasteiger partial charge in [-0.25, -0.2) is 4.39 Å². The molecule has 0 fully saturated rings. The molecule has 2 nitrogen and oxygen atoms in total. The van der Waals surface area contributed by atoms with Crippen LogP contribution in [0, 0.1) is 0 Å². The normalized spacial score (nSPS) is 15.1. The Hall–Kier alpha value is -0.860. The third kappa shape index (κ3) is 3.55. The van der Waals surface area contributed by atoms with Crippen molar-refractivity contribution in [2.24, 2.45) is 0 Å². The van der Waals surface area contributed by atoms with Gasteiger partial charge >= 0.3 is 0 Å². The van der Waals surface area contributed by atoms with Gasteiger partial charge in [0.25, 0.3) is 0 Å². The van der Waals surface area contributed by atoms with Gasteiger partial charge in [0.05, 0.1) is 12.2 Å². The van der Waals surface area contributed by atoms with Crippen LogP contribution in [0.4, 0.5) is 4.39 Å². The van der Waals surface area contributed by atoms with E-state index in [1.807, 2.05) is 4.68 Å². The summed E-state index contributed by atoms with van der Waals surface area (Å²) in [6, 6.07) is 2.11. The van der Waals surface area contributed by atoms with Crippen LogP contribution in [0.1, 0.15) is 59.9 Å². The zero-order valence-electron chi connectivity index (χ0n) is 12.1. The Morgan fingerprint density at radius 1 is 1.18 bits per heavy atom. The molecule has 1 aromatic heterocycles. The molecule has 1 aromatic rings. The third-order valence-electron chi connectivity index (χ3n) is 2.74. The minimum Gasteiger partial charge on any atom is -0.266 e. The second kappa shape index (κ2) is 4.43. The van der Waals surface area contributed by atoms with Gasteiger partial charge in [0, 0.05) is 16.5 Å². The van der Waals surface area contributed by atoms with Crippen LogP contribution in [0.15, 0.2) is 6.07 Å². The maximum atomic E-state index is 13.2. The lowest BCUT2D eigenvalue weighted by Gasteiger charge is -2.20. The molecular formula is C14H25FN2. The van der Waals surface area contributed by atoms with Crippen molar-refractivity contribution in [2.75, 3.05) is 0 Å². The van der Waals surface area contributed by atoms with Crippen molar-refractivity contribution in [1.29, 1.82) is 0 Å². The van der Waals surface area contributed by atoms with Crippen molar-refractivity contribution in [3.05, 3.63) is 17.5 Å². The molecule has 1 unspecified atom stereocenters. The lowest BCUT2D eigenvalue weighted by atomic mass is 9.88. The molecule has 0 amide bonds. The van der Waals surface area contributed by atoms with Gasteiger partial charge in [-0.15, -0.1) is 0 Å². The van der Waals surface area contributed by atoms with Gasteiger partial charge in [0.2, 0.25) is 0 Å². The maximum Gasteiger partial charge on any atom is 0.117 e. The Kier molecular flexibility index (Phi) is 3.70. The molecular weight excluding hydrogens is 215 g/mol. The summed E-state index contributed by atoms with van der Waals surface area (Å²) >= 11 is 0. The number of rotatable bonds is 2. The fourth-order valence-corrected chi connectivity index (χ4v) is 1.76. The van der Waals surface area contributed by atoms with Crippen LogP contribution in [0.3, 0.4) is 0 Å². The molecule has 0 aliphatic rings. The topological polar surface area (TPSA) is 17.8 Å². The fraction of sp³-hybridized carbons (Fsp3) is 0.786. The summed E-state index contributed by atoms with van der Waals surface area (Å²) < 4.78 is 15.0. The quantitative estimate of drug-likeness (QED) is 0.768. The summed E-state index contributed by atoms with van der Waals surface area (Å²) in [5.74, 6) is 0. The zero-order valence-corrected chi connectivity index (χ0v) is 12.1. The van der Waals surface area contributed by atoms with E-state index in [4.69, 9.17) is 0 Å². The third-order valence-corrected chi connectivity index (χ3v) is 2.74. The highest BCUT2D eigenvalue weighted by Crippen LogP contribution is 2.28. The van der Waals surface area contributed by atoms with Gasteiger partial charge < -0.3 is 0 Å². The monoisotopic (exact) mass is 240 g/mol. The van der Waals surface area contributed by atoms with E-state index < -0.39 is 6.17 Å². The minimum absolute atomic E-state index is 0.00476. The Balaban J connectivity index is 3.22. The Bertz CT molecular complexity index is 378. The van der Waals surface area contributed by atoms with Crippen molar-refractivity contribution in [1.82, 2.24) is 9.78 Å². The predicted molar refractivity (Wildman–Crippen MR) is 70.2 cm³/mol. The summed E-state index contributed by atoms with van der Waals surface area (Å²) in [6.07, 6.45) is -0.871. The van der Waals surface area contributed by atoms with Crippen molar-refractivity contribution >= 4 is 0 Å². The first-order valence-corrected chi connectivity index (χ1v) is 6.24. The van der Waals surface area contributed by atoms with E-state index in [-0.39, 0.29) is 10.8 Å². The van der Waals surface area contributed by atoms with Crippen LogP contribution in [-0.2, 0) is 17.4 Å². The minimum atomic E-state index is -0.871. The maximum absolute atomic E-state index is 13.2. The van der Waals surface area contributed by atoms with Crippen LogP contribution in [0.5, 0.6) is 0 Å². The molecule has 0 aliphatic heterocycles. The van der Waals surface area contributed by atoms with E-state index in [1.54, 1.807) is 6.92 Å². The van der Waals surface area contributed by atoms with Crippen molar-refractivity contribution in [3.63, 3.8) is 0 Å². The standard InChI is InChI=1S/C14H25FN2/c1-10(15)9-17-12(14(5,6)7)8-11(16-17)13(2,3)4/h8,10H,9H2,1-7H3. The van der Waals surface area contributed by atoms with E-state index in [1.165, 1.54) is 0 Å². The van der Waals surface area contributed by atoms with Crippen molar-refractivity contribution in [3.8, 4) is 0 Å². The van der Waals surface area contributed by atoms with Crippen LogP contribution in [0.25, 0.3) is 0 Å². The number of hydrogen-bond acceptors (Lipinski definition) is 1. The van der Waals surface area contributed by atoms with Gasteiger partial charge in [-0.1, -0.05) is 41.5 Å². The highest BCUT2D eigenvalue weighted by atomic mass is 19.1. The van der Waals surface area contributed by atoms with Crippen molar-refractivity contribution in [2.45, 2.75) is 72.0 Å². The molecule has 17 heavy (non-hydrogen) atoms. The molecule has 3 heteroatoms. The molecule has 0 aromatic carbocycles. The first kappa shape index (κ1) is 14.2. The number of hydrogen-bond donors (Lipinski definition) is 0. The number of nitrogens with zero attached hydrogens (tertiary/aromatic N) is 2. The fourth-order valence-electron chi connectivity index (χ4n) is 1.76. The molecule has 1 heterocycles. The number of alkyl halides is 1. The first-order valence-electron chi connectivity index (χ1n) is 6.24. The van der Waals surface area contributed by atoms with Crippen LogP contribution < -0.4 is 0 Å². The molecule has 0 aliphatic carbocycles. The van der Waals surface area contributed by atoms with E-state index >= 15 is 0 Å². The molecule has 0 N–H and O–H groups in total. The molecule has 0 saturated heterocycles. The molecule has 1 atom stereocenters. The second-order valence-electron chi connectivity index (χ2n) is 6.88. The summed E-state index contributed by atoms with van der Waals surface area (Å²) in [4.78, 5) is 0. The smallest absolute Gasteiger partial charge is 0.117 e. The summed E-state index contributed by atoms with van der Waals surface area (Å²) in [5, 5.41) is 4.56. The average Bonchev–Trinajstić information content (AvgIpc) is 2.44. The molecule has 98 valence electrons. The Labute approximate surface area is 104 Å².